The van der Waals surface area contributed by atoms with E-state index in [1.165, 1.54) is 13.2 Å². The number of aromatic nitrogens is 2. The third-order valence-electron chi connectivity index (χ3n) is 4.10. The van der Waals surface area contributed by atoms with Crippen LogP contribution < -0.4 is 10.3 Å². The molecular weight excluding hydrogens is 321 g/mol. The average Bonchev–Trinajstić information content (AvgIpc) is 2.61. The lowest BCUT2D eigenvalue weighted by Crippen LogP contribution is -2.25. The van der Waals surface area contributed by atoms with Crippen LogP contribution in [0, 0.1) is 5.82 Å². The molecule has 5 nitrogen and oxygen atoms in total. The van der Waals surface area contributed by atoms with E-state index in [1.807, 2.05) is 31.2 Å². The summed E-state index contributed by atoms with van der Waals surface area (Å²) in [6.45, 7) is 3.78. The van der Waals surface area contributed by atoms with E-state index >= 15 is 0 Å². The molecule has 0 saturated heterocycles. The number of nitrogens with zero attached hydrogens (tertiary/aromatic N) is 2. The van der Waals surface area contributed by atoms with Crippen molar-refractivity contribution in [2.75, 3.05) is 13.7 Å². The second-order valence-corrected chi connectivity index (χ2v) is 5.80. The maximum Gasteiger partial charge on any atom is 0.258 e. The Morgan fingerprint density at radius 1 is 1.20 bits per heavy atom. The first-order valence-electron chi connectivity index (χ1n) is 8.13. The van der Waals surface area contributed by atoms with E-state index in [2.05, 4.69) is 14.9 Å². The molecule has 0 spiro atoms. The van der Waals surface area contributed by atoms with Gasteiger partial charge in [0.05, 0.1) is 24.6 Å². The maximum absolute atomic E-state index is 13.9. The topological polar surface area (TPSA) is 58.2 Å². The van der Waals surface area contributed by atoms with Crippen LogP contribution >= 0.6 is 0 Å². The second-order valence-electron chi connectivity index (χ2n) is 5.80. The van der Waals surface area contributed by atoms with Gasteiger partial charge in [-0.1, -0.05) is 25.1 Å². The van der Waals surface area contributed by atoms with Gasteiger partial charge in [0.2, 0.25) is 0 Å². The van der Waals surface area contributed by atoms with E-state index < -0.39 is 0 Å². The zero-order chi connectivity index (χ0) is 17.8. The highest BCUT2D eigenvalue weighted by atomic mass is 19.1. The molecule has 0 aliphatic carbocycles. The zero-order valence-corrected chi connectivity index (χ0v) is 14.3. The molecule has 25 heavy (non-hydrogen) atoms. The van der Waals surface area contributed by atoms with Crippen LogP contribution in [0.3, 0.4) is 0 Å². The molecule has 1 aromatic heterocycles. The van der Waals surface area contributed by atoms with Crippen molar-refractivity contribution in [3.05, 3.63) is 70.0 Å². The molecule has 0 bridgehead atoms. The zero-order valence-electron chi connectivity index (χ0n) is 14.3. The summed E-state index contributed by atoms with van der Waals surface area (Å²) >= 11 is 0. The fourth-order valence-corrected chi connectivity index (χ4v) is 2.77. The summed E-state index contributed by atoms with van der Waals surface area (Å²) in [6.07, 6.45) is 0. The lowest BCUT2D eigenvalue weighted by molar-refractivity contribution is 0.264. The Morgan fingerprint density at radius 3 is 2.72 bits per heavy atom. The molecule has 0 fully saturated rings. The lowest BCUT2D eigenvalue weighted by atomic mass is 10.2. The molecule has 3 aromatic rings. The smallest absolute Gasteiger partial charge is 0.258 e. The number of halogens is 1. The molecule has 2 aromatic carbocycles. The molecule has 1 heterocycles. The number of nitrogens with one attached hydrogen (secondary N) is 1. The van der Waals surface area contributed by atoms with E-state index in [9.17, 15) is 9.18 Å². The Labute approximate surface area is 145 Å². The maximum atomic E-state index is 13.9. The molecule has 0 unspecified atom stereocenters. The van der Waals surface area contributed by atoms with Gasteiger partial charge >= 0.3 is 0 Å². The minimum absolute atomic E-state index is 0.146. The Morgan fingerprint density at radius 2 is 2.00 bits per heavy atom. The highest BCUT2D eigenvalue weighted by molar-refractivity contribution is 5.77. The summed E-state index contributed by atoms with van der Waals surface area (Å²) in [5, 5.41) is 0.575. The van der Waals surface area contributed by atoms with Crippen LogP contribution in [-0.4, -0.2) is 28.5 Å². The molecule has 0 atom stereocenters. The number of H-pyrrole nitrogens is 1. The lowest BCUT2D eigenvalue weighted by Gasteiger charge is -2.20. The molecule has 0 amide bonds. The molecule has 130 valence electrons. The number of benzene rings is 2. The van der Waals surface area contributed by atoms with Gasteiger partial charge in [-0.25, -0.2) is 9.37 Å². The molecule has 0 saturated carbocycles. The normalized spacial score (nSPS) is 11.2. The first kappa shape index (κ1) is 17.1. The summed E-state index contributed by atoms with van der Waals surface area (Å²) in [6, 6.07) is 12.2. The molecule has 0 aliphatic rings. The van der Waals surface area contributed by atoms with Crippen LogP contribution in [0.5, 0.6) is 5.75 Å². The fraction of sp³-hybridized carbons (Fsp3) is 0.263. The number of para-hydroxylation sites is 1. The number of methoxy groups -OCH3 is 1. The Hall–Kier alpha value is -2.73. The molecular formula is C19H20FN3O2. The van der Waals surface area contributed by atoms with Crippen LogP contribution in [0.25, 0.3) is 10.9 Å². The van der Waals surface area contributed by atoms with Gasteiger partial charge < -0.3 is 9.72 Å². The van der Waals surface area contributed by atoms with Gasteiger partial charge in [-0.05, 0) is 36.4 Å². The van der Waals surface area contributed by atoms with Gasteiger partial charge in [0.25, 0.3) is 5.56 Å². The van der Waals surface area contributed by atoms with Crippen LogP contribution in [0.2, 0.25) is 0 Å². The van der Waals surface area contributed by atoms with Crippen LogP contribution in [0.4, 0.5) is 4.39 Å². The van der Waals surface area contributed by atoms with E-state index in [1.54, 1.807) is 12.1 Å². The fourth-order valence-electron chi connectivity index (χ4n) is 2.77. The molecule has 6 heteroatoms. The number of hydrogen-bond donors (Lipinski definition) is 1. The van der Waals surface area contributed by atoms with Crippen molar-refractivity contribution in [1.82, 2.24) is 14.9 Å². The number of hydrogen-bond acceptors (Lipinski definition) is 4. The van der Waals surface area contributed by atoms with Gasteiger partial charge in [0.15, 0.2) is 11.6 Å². The molecule has 0 radical (unpaired) electrons. The van der Waals surface area contributed by atoms with Gasteiger partial charge in [-0.2, -0.15) is 0 Å². The molecule has 0 aliphatic heterocycles. The summed E-state index contributed by atoms with van der Waals surface area (Å²) < 4.78 is 18.8. The first-order chi connectivity index (χ1) is 12.1. The summed E-state index contributed by atoms with van der Waals surface area (Å²) in [5.41, 5.74) is 1.36. The van der Waals surface area contributed by atoms with Crippen LogP contribution in [0.15, 0.2) is 47.3 Å². The third-order valence-corrected chi connectivity index (χ3v) is 4.10. The van der Waals surface area contributed by atoms with Crippen molar-refractivity contribution >= 4 is 10.9 Å². The summed E-state index contributed by atoms with van der Waals surface area (Å²) in [4.78, 5) is 21.6. The summed E-state index contributed by atoms with van der Waals surface area (Å²) in [7, 11) is 1.44. The van der Waals surface area contributed by atoms with Gasteiger partial charge in [-0.15, -0.1) is 0 Å². The minimum atomic E-state index is -0.381. The Bertz CT molecular complexity index is 939. The van der Waals surface area contributed by atoms with Gasteiger partial charge in [0.1, 0.15) is 5.82 Å². The van der Waals surface area contributed by atoms with Crippen molar-refractivity contribution in [2.24, 2.45) is 0 Å². The first-order valence-corrected chi connectivity index (χ1v) is 8.13. The van der Waals surface area contributed by atoms with Crippen molar-refractivity contribution in [1.29, 1.82) is 0 Å². The van der Waals surface area contributed by atoms with E-state index in [0.717, 1.165) is 12.1 Å². The number of aromatic amines is 1. The minimum Gasteiger partial charge on any atom is -0.494 e. The Kier molecular flexibility index (Phi) is 5.09. The predicted octanol–water partition coefficient (Wildman–Crippen LogP) is 3.09. The standard InChI is InChI=1S/C19H20FN3O2/c1-3-23(11-13-8-9-17(25-2)15(20)10-13)12-18-21-16-7-5-4-6-14(16)19(24)22-18/h4-10H,3,11-12H2,1-2H3,(H,21,22,24). The van der Waals surface area contributed by atoms with E-state index in [4.69, 9.17) is 4.74 Å². The van der Waals surface area contributed by atoms with Gasteiger partial charge in [-0.3, -0.25) is 9.69 Å². The number of ether oxygens (including phenoxy) is 1. The third kappa shape index (κ3) is 3.85. The summed E-state index contributed by atoms with van der Waals surface area (Å²) in [5.74, 6) is 0.445. The van der Waals surface area contributed by atoms with Crippen LogP contribution in [-0.2, 0) is 13.1 Å². The van der Waals surface area contributed by atoms with Crippen LogP contribution in [0.1, 0.15) is 18.3 Å². The highest BCUT2D eigenvalue weighted by Crippen LogP contribution is 2.19. The van der Waals surface area contributed by atoms with Crippen molar-refractivity contribution in [3.63, 3.8) is 0 Å². The number of rotatable bonds is 6. The largest absolute Gasteiger partial charge is 0.494 e. The van der Waals surface area contributed by atoms with Crippen molar-refractivity contribution < 1.29 is 9.13 Å². The van der Waals surface area contributed by atoms with E-state index in [0.29, 0.717) is 29.8 Å². The Balaban J connectivity index is 1.80. The predicted molar refractivity (Wildman–Crippen MR) is 95.1 cm³/mol. The quantitative estimate of drug-likeness (QED) is 0.748. The van der Waals surface area contributed by atoms with Crippen molar-refractivity contribution in [3.8, 4) is 5.75 Å². The highest BCUT2D eigenvalue weighted by Gasteiger charge is 2.11. The second kappa shape index (κ2) is 7.44. The monoisotopic (exact) mass is 341 g/mol. The van der Waals surface area contributed by atoms with Gasteiger partial charge in [0, 0.05) is 6.54 Å². The molecule has 3 rings (SSSR count). The molecule has 1 N–H and O–H groups in total. The van der Waals surface area contributed by atoms with E-state index in [-0.39, 0.29) is 17.1 Å². The SMILES string of the molecule is CCN(Cc1ccc(OC)c(F)c1)Cc1nc2ccccc2c(=O)[nH]1. The van der Waals surface area contributed by atoms with Crippen molar-refractivity contribution in [2.45, 2.75) is 20.0 Å². The number of fused-ring (bicyclic) bond motifs is 1. The average molecular weight is 341 g/mol.